The number of methoxy groups -OCH3 is 7. The topological polar surface area (TPSA) is 176 Å². The summed E-state index contributed by atoms with van der Waals surface area (Å²) < 4.78 is 40.2. The normalized spacial score (nSPS) is 24.4. The van der Waals surface area contributed by atoms with E-state index in [0.29, 0.717) is 0 Å². The van der Waals surface area contributed by atoms with E-state index in [0.717, 1.165) is 49.8 Å². The van der Waals surface area contributed by atoms with Crippen LogP contribution in [0.2, 0.25) is 0 Å². The van der Waals surface area contributed by atoms with E-state index in [1.807, 2.05) is 0 Å². The smallest absolute Gasteiger partial charge is 0.348 e. The second kappa shape index (κ2) is 9.20. The van der Waals surface area contributed by atoms with Crippen LogP contribution in [-0.2, 0) is 66.7 Å². The molecule has 0 saturated carbocycles. The summed E-state index contributed by atoms with van der Waals surface area (Å²) in [4.78, 5) is 77.4. The molecular weight excluding hydrogens is 488 g/mol. The largest absolute Gasteiger partial charge is 0.466 e. The minimum absolute atomic E-state index is 0.267. The maximum atomic E-state index is 13.3. The number of esters is 6. The first-order valence-electron chi connectivity index (χ1n) is 10.0. The van der Waals surface area contributed by atoms with Crippen molar-refractivity contribution in [2.75, 3.05) is 49.8 Å². The summed E-state index contributed by atoms with van der Waals surface area (Å²) in [5.74, 6) is -10.9. The minimum Gasteiger partial charge on any atom is -0.466 e. The highest BCUT2D eigenvalue weighted by molar-refractivity contribution is 6.19. The molecule has 3 aliphatic rings. The molecule has 194 valence electrons. The average molecular weight is 510 g/mol. The van der Waals surface area contributed by atoms with Gasteiger partial charge < -0.3 is 37.9 Å². The number of ether oxygens (including phenoxy) is 8. The van der Waals surface area contributed by atoms with Crippen molar-refractivity contribution in [3.63, 3.8) is 0 Å². The minimum atomic E-state index is -2.76. The lowest BCUT2D eigenvalue weighted by Crippen LogP contribution is -2.47. The predicted molar refractivity (Wildman–Crippen MR) is 110 cm³/mol. The highest BCUT2D eigenvalue weighted by Crippen LogP contribution is 2.65. The third-order valence-corrected chi connectivity index (χ3v) is 6.02. The Kier molecular flexibility index (Phi) is 6.79. The van der Waals surface area contributed by atoms with Gasteiger partial charge >= 0.3 is 35.8 Å². The Balaban J connectivity index is 2.50. The van der Waals surface area contributed by atoms with Gasteiger partial charge in [0.15, 0.2) is 0 Å². The Morgan fingerprint density at radius 3 is 1.39 bits per heavy atom. The highest BCUT2D eigenvalue weighted by atomic mass is 16.7. The zero-order chi connectivity index (χ0) is 27.2. The number of carbonyl (C=O) groups excluding carboxylic acids is 6. The molecule has 14 heteroatoms. The predicted octanol–water partition coefficient (Wildman–Crippen LogP) is -1.33. The van der Waals surface area contributed by atoms with Gasteiger partial charge in [-0.1, -0.05) is 0 Å². The monoisotopic (exact) mass is 510 g/mol. The number of hydrogen-bond acceptors (Lipinski definition) is 14. The van der Waals surface area contributed by atoms with Gasteiger partial charge in [-0.3, -0.25) is 0 Å². The fourth-order valence-corrected chi connectivity index (χ4v) is 4.58. The Morgan fingerprint density at radius 2 is 1.00 bits per heavy atom. The summed E-state index contributed by atoms with van der Waals surface area (Å²) in [6, 6.07) is 0. The molecule has 14 nitrogen and oxygen atoms in total. The first-order valence-corrected chi connectivity index (χ1v) is 10.0. The van der Waals surface area contributed by atoms with Crippen LogP contribution in [0, 0.1) is 5.92 Å². The van der Waals surface area contributed by atoms with Gasteiger partial charge in [-0.15, -0.1) is 0 Å². The molecule has 2 unspecified atom stereocenters. The second-order valence-corrected chi connectivity index (χ2v) is 7.35. The van der Waals surface area contributed by atoms with Crippen LogP contribution >= 0.6 is 0 Å². The van der Waals surface area contributed by atoms with Gasteiger partial charge in [0.2, 0.25) is 11.4 Å². The van der Waals surface area contributed by atoms with Crippen LogP contribution in [0.25, 0.3) is 0 Å². The average Bonchev–Trinajstić information content (AvgIpc) is 3.46. The molecule has 0 aromatic carbocycles. The lowest BCUT2D eigenvalue weighted by molar-refractivity contribution is -0.202. The van der Waals surface area contributed by atoms with Gasteiger partial charge in [-0.2, -0.15) is 0 Å². The van der Waals surface area contributed by atoms with Gasteiger partial charge in [0, 0.05) is 12.7 Å². The van der Waals surface area contributed by atoms with Crippen LogP contribution in [0.4, 0.5) is 0 Å². The lowest BCUT2D eigenvalue weighted by atomic mass is 9.73. The number of carbonyl (C=O) groups is 6. The molecule has 2 aliphatic heterocycles. The van der Waals surface area contributed by atoms with E-state index in [1.165, 1.54) is 0 Å². The van der Waals surface area contributed by atoms with Crippen LogP contribution in [0.1, 0.15) is 0 Å². The van der Waals surface area contributed by atoms with Gasteiger partial charge in [-0.05, 0) is 0 Å². The molecule has 0 amide bonds. The van der Waals surface area contributed by atoms with Crippen LogP contribution in [0.3, 0.4) is 0 Å². The zero-order valence-corrected chi connectivity index (χ0v) is 20.3. The summed E-state index contributed by atoms with van der Waals surface area (Å²) in [5.41, 5.74) is -5.78. The van der Waals surface area contributed by atoms with Crippen LogP contribution < -0.4 is 0 Å². The Bertz CT molecular complexity index is 1160. The van der Waals surface area contributed by atoms with Crippen molar-refractivity contribution < 1.29 is 66.7 Å². The van der Waals surface area contributed by atoms with Crippen molar-refractivity contribution in [3.8, 4) is 0 Å². The Hall–Kier alpha value is -4.04. The summed E-state index contributed by atoms with van der Waals surface area (Å²) in [5, 5.41) is 0. The molecule has 1 aliphatic carbocycles. The number of rotatable bonds is 8. The van der Waals surface area contributed by atoms with Gasteiger partial charge in [0.1, 0.15) is 11.1 Å². The molecule has 0 aromatic rings. The van der Waals surface area contributed by atoms with Crippen molar-refractivity contribution in [1.29, 1.82) is 0 Å². The first-order chi connectivity index (χ1) is 17.0. The number of hydrogen-bond donors (Lipinski definition) is 0. The molecule has 0 saturated heterocycles. The van der Waals surface area contributed by atoms with Crippen molar-refractivity contribution in [3.05, 3.63) is 33.4 Å². The third kappa shape index (κ3) is 3.18. The van der Waals surface area contributed by atoms with Crippen molar-refractivity contribution in [2.24, 2.45) is 5.92 Å². The molecule has 0 spiro atoms. The fraction of sp³-hybridized carbons (Fsp3) is 0.455. The van der Waals surface area contributed by atoms with E-state index in [-0.39, 0.29) is 16.7 Å². The van der Waals surface area contributed by atoms with Crippen molar-refractivity contribution >= 4 is 35.8 Å². The molecule has 2 bridgehead atoms. The van der Waals surface area contributed by atoms with Crippen molar-refractivity contribution in [1.82, 2.24) is 0 Å². The third-order valence-electron chi connectivity index (χ3n) is 6.02. The fourth-order valence-electron chi connectivity index (χ4n) is 4.58. The molecule has 2 atom stereocenters. The first kappa shape index (κ1) is 26.6. The maximum absolute atomic E-state index is 13.3. The van der Waals surface area contributed by atoms with E-state index in [2.05, 4.69) is 0 Å². The quantitative estimate of drug-likeness (QED) is 0.277. The van der Waals surface area contributed by atoms with E-state index < -0.39 is 69.8 Å². The summed E-state index contributed by atoms with van der Waals surface area (Å²) in [7, 11) is 6.95. The zero-order valence-electron chi connectivity index (χ0n) is 20.3. The number of fused-ring (bicyclic) bond motifs is 2. The highest BCUT2D eigenvalue weighted by Gasteiger charge is 2.78. The molecule has 0 radical (unpaired) electrons. The van der Waals surface area contributed by atoms with E-state index in [9.17, 15) is 28.8 Å². The van der Waals surface area contributed by atoms with E-state index in [1.54, 1.807) is 0 Å². The Morgan fingerprint density at radius 1 is 0.583 bits per heavy atom. The molecule has 2 heterocycles. The summed E-state index contributed by atoms with van der Waals surface area (Å²) in [6.07, 6.45) is 0. The van der Waals surface area contributed by atoms with Crippen LogP contribution in [0.15, 0.2) is 33.4 Å². The second-order valence-electron chi connectivity index (χ2n) is 7.35. The van der Waals surface area contributed by atoms with Gasteiger partial charge in [-0.25, -0.2) is 28.8 Å². The van der Waals surface area contributed by atoms with Gasteiger partial charge in [0.25, 0.3) is 0 Å². The van der Waals surface area contributed by atoms with E-state index in [4.69, 9.17) is 37.9 Å². The Labute approximate surface area is 203 Å². The molecule has 0 aromatic heterocycles. The lowest BCUT2D eigenvalue weighted by Gasteiger charge is -2.30. The van der Waals surface area contributed by atoms with E-state index >= 15 is 0 Å². The molecule has 36 heavy (non-hydrogen) atoms. The maximum Gasteiger partial charge on any atom is 0.348 e. The molecule has 0 fully saturated rings. The summed E-state index contributed by atoms with van der Waals surface area (Å²) in [6.45, 7) is 0. The summed E-state index contributed by atoms with van der Waals surface area (Å²) >= 11 is 0. The molecule has 3 rings (SSSR count). The van der Waals surface area contributed by atoms with Crippen LogP contribution in [-0.4, -0.2) is 97.0 Å². The SMILES string of the molecule is COC(=O)C1=C(C(=O)OC)C1C1=C(C(=O)OC)C2(C(=O)OC)OC1(OC)C(C(=O)OC)=C2C(=O)OC. The molecular formula is C22H22O14. The standard InChI is InChI=1S/C22H22O14/c1-29-15(23)9-8(10(9)16(24)30-2)11-12(17(25)31-3)21(20(28)34-6)13(18(26)32-4)14(19(27)33-5)22(11,35-7)36-21/h8H,1-7H3. The molecule has 0 N–H and O–H groups in total. The van der Waals surface area contributed by atoms with Gasteiger partial charge in [0.05, 0.1) is 65.3 Å². The van der Waals surface area contributed by atoms with Crippen LogP contribution in [0.5, 0.6) is 0 Å². The van der Waals surface area contributed by atoms with Crippen molar-refractivity contribution in [2.45, 2.75) is 11.4 Å².